The van der Waals surface area contributed by atoms with Crippen molar-refractivity contribution in [2.45, 2.75) is 43.3 Å². The Labute approximate surface area is 127 Å². The summed E-state index contributed by atoms with van der Waals surface area (Å²) in [5.74, 6) is -0.182. The van der Waals surface area contributed by atoms with Crippen LogP contribution >= 0.6 is 11.8 Å². The summed E-state index contributed by atoms with van der Waals surface area (Å²) in [5, 5.41) is 3.48. The van der Waals surface area contributed by atoms with Crippen LogP contribution in [-0.4, -0.2) is 23.9 Å². The molecule has 1 fully saturated rings. The largest absolute Gasteiger partial charge is 0.573 e. The van der Waals surface area contributed by atoms with E-state index in [9.17, 15) is 13.2 Å². The van der Waals surface area contributed by atoms with Gasteiger partial charge >= 0.3 is 6.36 Å². The number of nitrogens with one attached hydrogen (secondary N) is 1. The van der Waals surface area contributed by atoms with Gasteiger partial charge in [0.2, 0.25) is 0 Å². The molecule has 2 nitrogen and oxygen atoms in total. The lowest BCUT2D eigenvalue weighted by Crippen LogP contribution is -2.43. The quantitative estimate of drug-likeness (QED) is 0.833. The van der Waals surface area contributed by atoms with E-state index in [-0.39, 0.29) is 11.8 Å². The van der Waals surface area contributed by atoms with Gasteiger partial charge in [-0.15, -0.1) is 13.2 Å². The number of thioether (sulfide) groups is 1. The predicted octanol–water partition coefficient (Wildman–Crippen LogP) is 4.52. The van der Waals surface area contributed by atoms with E-state index < -0.39 is 6.36 Å². The second-order valence-electron chi connectivity index (χ2n) is 5.46. The molecular formula is C15H20F3NOS. The molecule has 2 rings (SSSR count). The van der Waals surface area contributed by atoms with Crippen molar-refractivity contribution in [1.82, 2.24) is 5.32 Å². The SMILES string of the molecule is CSC1(CNC(C)c2ccc(OC(F)(F)F)cc2)CCC1. The van der Waals surface area contributed by atoms with Gasteiger partial charge in [-0.2, -0.15) is 11.8 Å². The summed E-state index contributed by atoms with van der Waals surface area (Å²) >= 11 is 1.90. The molecule has 0 aliphatic heterocycles. The molecule has 1 atom stereocenters. The fraction of sp³-hybridized carbons (Fsp3) is 0.600. The molecule has 6 heteroatoms. The predicted molar refractivity (Wildman–Crippen MR) is 79.6 cm³/mol. The van der Waals surface area contributed by atoms with Crippen molar-refractivity contribution < 1.29 is 17.9 Å². The summed E-state index contributed by atoms with van der Waals surface area (Å²) in [4.78, 5) is 0. The molecule has 0 bridgehead atoms. The van der Waals surface area contributed by atoms with E-state index in [0.717, 1.165) is 12.1 Å². The van der Waals surface area contributed by atoms with Crippen molar-refractivity contribution in [3.8, 4) is 5.75 Å². The zero-order valence-electron chi connectivity index (χ0n) is 12.2. The Bertz CT molecular complexity index is 451. The molecule has 118 valence electrons. The molecule has 1 aliphatic carbocycles. The highest BCUT2D eigenvalue weighted by Crippen LogP contribution is 2.42. The van der Waals surface area contributed by atoms with E-state index in [1.807, 2.05) is 18.7 Å². The zero-order chi connectivity index (χ0) is 15.5. The molecule has 0 saturated heterocycles. The topological polar surface area (TPSA) is 21.3 Å². The minimum Gasteiger partial charge on any atom is -0.406 e. The lowest BCUT2D eigenvalue weighted by molar-refractivity contribution is -0.274. The van der Waals surface area contributed by atoms with E-state index >= 15 is 0 Å². The van der Waals surface area contributed by atoms with Gasteiger partial charge in [-0.25, -0.2) is 0 Å². The molecule has 1 aliphatic rings. The summed E-state index contributed by atoms with van der Waals surface area (Å²) in [6, 6.07) is 6.16. The van der Waals surface area contributed by atoms with Gasteiger partial charge in [-0.3, -0.25) is 0 Å². The Balaban J connectivity index is 1.89. The van der Waals surface area contributed by atoms with Crippen LogP contribution in [0.4, 0.5) is 13.2 Å². The van der Waals surface area contributed by atoms with Gasteiger partial charge in [0.05, 0.1) is 0 Å². The fourth-order valence-corrected chi connectivity index (χ4v) is 3.36. The highest BCUT2D eigenvalue weighted by atomic mass is 32.2. The minimum atomic E-state index is -4.64. The fourth-order valence-electron chi connectivity index (χ4n) is 2.44. The average molecular weight is 319 g/mol. The summed E-state index contributed by atoms with van der Waals surface area (Å²) in [6.07, 6.45) is 1.23. The molecule has 1 aromatic carbocycles. The summed E-state index contributed by atoms with van der Waals surface area (Å²) in [5.41, 5.74) is 0.958. The van der Waals surface area contributed by atoms with E-state index in [2.05, 4.69) is 16.3 Å². The molecule has 0 aromatic heterocycles. The van der Waals surface area contributed by atoms with Crippen LogP contribution in [0.2, 0.25) is 0 Å². The maximum atomic E-state index is 12.1. The maximum Gasteiger partial charge on any atom is 0.573 e. The lowest BCUT2D eigenvalue weighted by Gasteiger charge is -2.41. The molecule has 21 heavy (non-hydrogen) atoms. The number of halogens is 3. The van der Waals surface area contributed by atoms with E-state index in [4.69, 9.17) is 0 Å². The minimum absolute atomic E-state index is 0.106. The monoisotopic (exact) mass is 319 g/mol. The van der Waals surface area contributed by atoms with Gasteiger partial charge < -0.3 is 10.1 Å². The molecular weight excluding hydrogens is 299 g/mol. The Morgan fingerprint density at radius 3 is 2.33 bits per heavy atom. The first-order valence-corrected chi connectivity index (χ1v) is 8.20. The van der Waals surface area contributed by atoms with Crippen molar-refractivity contribution in [3.63, 3.8) is 0 Å². The Morgan fingerprint density at radius 2 is 1.90 bits per heavy atom. The van der Waals surface area contributed by atoms with Gasteiger partial charge in [0.25, 0.3) is 0 Å². The molecule has 1 saturated carbocycles. The number of ether oxygens (including phenoxy) is 1. The van der Waals surface area contributed by atoms with Crippen molar-refractivity contribution in [2.24, 2.45) is 0 Å². The first-order valence-electron chi connectivity index (χ1n) is 6.98. The molecule has 1 unspecified atom stereocenters. The lowest BCUT2D eigenvalue weighted by atomic mass is 9.84. The van der Waals surface area contributed by atoms with Crippen molar-refractivity contribution in [3.05, 3.63) is 29.8 Å². The van der Waals surface area contributed by atoms with Crippen LogP contribution in [0.3, 0.4) is 0 Å². The Morgan fingerprint density at radius 1 is 1.29 bits per heavy atom. The molecule has 1 aromatic rings. The normalized spacial score (nSPS) is 18.9. The molecule has 1 N–H and O–H groups in total. The van der Waals surface area contributed by atoms with E-state index in [1.165, 1.54) is 31.4 Å². The summed E-state index contributed by atoms with van der Waals surface area (Å²) < 4.78 is 40.5. The third-order valence-electron chi connectivity index (χ3n) is 4.04. The van der Waals surface area contributed by atoms with Gasteiger partial charge in [0, 0.05) is 17.3 Å². The van der Waals surface area contributed by atoms with Crippen LogP contribution in [-0.2, 0) is 0 Å². The highest BCUT2D eigenvalue weighted by Gasteiger charge is 2.36. The van der Waals surface area contributed by atoms with Crippen LogP contribution in [0.5, 0.6) is 5.75 Å². The summed E-state index contributed by atoms with van der Waals surface area (Å²) in [7, 11) is 0. The molecule has 0 radical (unpaired) electrons. The summed E-state index contributed by atoms with van der Waals surface area (Å²) in [6.45, 7) is 2.95. The highest BCUT2D eigenvalue weighted by molar-refractivity contribution is 8.00. The number of alkyl halides is 3. The van der Waals surface area contributed by atoms with Crippen molar-refractivity contribution in [1.29, 1.82) is 0 Å². The van der Waals surface area contributed by atoms with Crippen LogP contribution in [0.15, 0.2) is 24.3 Å². The third-order valence-corrected chi connectivity index (χ3v) is 5.46. The van der Waals surface area contributed by atoms with Crippen LogP contribution in [0, 0.1) is 0 Å². The number of benzene rings is 1. The zero-order valence-corrected chi connectivity index (χ0v) is 13.0. The van der Waals surface area contributed by atoms with E-state index in [0.29, 0.717) is 4.75 Å². The number of hydrogen-bond acceptors (Lipinski definition) is 3. The van der Waals surface area contributed by atoms with Crippen LogP contribution < -0.4 is 10.1 Å². The van der Waals surface area contributed by atoms with Gasteiger partial charge in [0.15, 0.2) is 0 Å². The second kappa shape index (κ2) is 6.48. The molecule has 0 amide bonds. The van der Waals surface area contributed by atoms with Gasteiger partial charge in [0.1, 0.15) is 5.75 Å². The standard InChI is InChI=1S/C15H20F3NOS/c1-11(19-10-14(21-2)8-3-9-14)12-4-6-13(7-5-12)20-15(16,17)18/h4-7,11,19H,3,8-10H2,1-2H3. The van der Waals surface area contributed by atoms with Crippen molar-refractivity contribution >= 4 is 11.8 Å². The first-order chi connectivity index (χ1) is 9.84. The third kappa shape index (κ3) is 4.54. The van der Waals surface area contributed by atoms with Crippen LogP contribution in [0.25, 0.3) is 0 Å². The maximum absolute atomic E-state index is 12.1. The van der Waals surface area contributed by atoms with E-state index in [1.54, 1.807) is 12.1 Å². The second-order valence-corrected chi connectivity index (χ2v) is 6.73. The molecule has 0 spiro atoms. The average Bonchev–Trinajstić information content (AvgIpc) is 2.36. The molecule has 0 heterocycles. The Hall–Kier alpha value is -0.880. The number of hydrogen-bond donors (Lipinski definition) is 1. The Kier molecular flexibility index (Phi) is 5.09. The number of rotatable bonds is 6. The van der Waals surface area contributed by atoms with Gasteiger partial charge in [-0.05, 0) is 43.7 Å². The first kappa shape index (κ1) is 16.5. The smallest absolute Gasteiger partial charge is 0.406 e. The van der Waals surface area contributed by atoms with Crippen molar-refractivity contribution in [2.75, 3.05) is 12.8 Å². The van der Waals surface area contributed by atoms with Gasteiger partial charge in [-0.1, -0.05) is 18.6 Å². The van der Waals surface area contributed by atoms with Crippen LogP contribution in [0.1, 0.15) is 37.8 Å².